The molecule has 1 aromatic heterocycles. The fourth-order valence-corrected chi connectivity index (χ4v) is 3.18. The lowest BCUT2D eigenvalue weighted by atomic mass is 10.2. The van der Waals surface area contributed by atoms with Gasteiger partial charge in [-0.2, -0.15) is 0 Å². The van der Waals surface area contributed by atoms with Crippen molar-refractivity contribution in [3.05, 3.63) is 16.8 Å². The average molecular weight is 306 g/mol. The van der Waals surface area contributed by atoms with E-state index < -0.39 is 15.8 Å². The highest BCUT2D eigenvalue weighted by atomic mass is 35.5. The van der Waals surface area contributed by atoms with E-state index in [4.69, 9.17) is 22.4 Å². The SMILES string of the molecule is Nc1c(C(=O)O)cc(N2CCS(=O)(=O)CC2)nc1Cl. The summed E-state index contributed by atoms with van der Waals surface area (Å²) in [5.74, 6) is -0.850. The number of carboxylic acid groups (broad SMARTS) is 1. The Morgan fingerprint density at radius 3 is 2.53 bits per heavy atom. The minimum Gasteiger partial charge on any atom is -0.478 e. The molecule has 2 heterocycles. The second-order valence-electron chi connectivity index (χ2n) is 4.18. The molecule has 0 aliphatic carbocycles. The zero-order chi connectivity index (χ0) is 14.2. The third-order valence-electron chi connectivity index (χ3n) is 2.90. The van der Waals surface area contributed by atoms with E-state index in [-0.39, 0.29) is 41.0 Å². The zero-order valence-corrected chi connectivity index (χ0v) is 11.4. The summed E-state index contributed by atoms with van der Waals surface area (Å²) >= 11 is 5.79. The maximum atomic E-state index is 11.3. The summed E-state index contributed by atoms with van der Waals surface area (Å²) < 4.78 is 22.7. The Morgan fingerprint density at radius 1 is 1.42 bits per heavy atom. The normalized spacial score (nSPS) is 18.3. The molecule has 0 aromatic carbocycles. The van der Waals surface area contributed by atoms with Gasteiger partial charge in [-0.3, -0.25) is 0 Å². The number of pyridine rings is 1. The number of aromatic nitrogens is 1. The van der Waals surface area contributed by atoms with Gasteiger partial charge in [-0.05, 0) is 6.07 Å². The molecule has 0 radical (unpaired) electrons. The van der Waals surface area contributed by atoms with Crippen LogP contribution in [-0.2, 0) is 9.84 Å². The molecule has 0 saturated carbocycles. The molecule has 7 nitrogen and oxygen atoms in total. The molecule has 0 atom stereocenters. The second-order valence-corrected chi connectivity index (χ2v) is 6.84. The van der Waals surface area contributed by atoms with Gasteiger partial charge in [-0.25, -0.2) is 18.2 Å². The molecule has 104 valence electrons. The van der Waals surface area contributed by atoms with E-state index in [0.29, 0.717) is 5.82 Å². The van der Waals surface area contributed by atoms with Crippen molar-refractivity contribution in [2.24, 2.45) is 0 Å². The fraction of sp³-hybridized carbons (Fsp3) is 0.400. The first kappa shape index (κ1) is 13.9. The number of nitrogens with zero attached hydrogens (tertiary/aromatic N) is 2. The second kappa shape index (κ2) is 4.86. The molecular formula is C10H12ClN3O4S. The summed E-state index contributed by atoms with van der Waals surface area (Å²) in [6.45, 7) is 0.517. The van der Waals surface area contributed by atoms with Gasteiger partial charge in [-0.15, -0.1) is 0 Å². The lowest BCUT2D eigenvalue weighted by molar-refractivity contribution is 0.0698. The van der Waals surface area contributed by atoms with Crippen LogP contribution < -0.4 is 10.6 Å². The van der Waals surface area contributed by atoms with Crippen LogP contribution in [0.3, 0.4) is 0 Å². The average Bonchev–Trinajstić information content (AvgIpc) is 2.32. The monoisotopic (exact) mass is 305 g/mol. The lowest BCUT2D eigenvalue weighted by Gasteiger charge is -2.28. The molecule has 1 fully saturated rings. The number of halogens is 1. The first-order valence-electron chi connectivity index (χ1n) is 5.45. The van der Waals surface area contributed by atoms with Gasteiger partial charge in [0, 0.05) is 13.1 Å². The van der Waals surface area contributed by atoms with Crippen LogP contribution in [0.1, 0.15) is 10.4 Å². The van der Waals surface area contributed by atoms with Crippen LogP contribution >= 0.6 is 11.6 Å². The van der Waals surface area contributed by atoms with E-state index in [1.165, 1.54) is 6.07 Å². The maximum Gasteiger partial charge on any atom is 0.338 e. The highest BCUT2D eigenvalue weighted by Gasteiger charge is 2.24. The number of nitrogen functional groups attached to an aromatic ring is 1. The molecule has 1 aliphatic heterocycles. The van der Waals surface area contributed by atoms with Crippen LogP contribution in [0.15, 0.2) is 6.07 Å². The highest BCUT2D eigenvalue weighted by Crippen LogP contribution is 2.26. The molecule has 1 aromatic rings. The number of rotatable bonds is 2. The van der Waals surface area contributed by atoms with E-state index in [0.717, 1.165) is 0 Å². The third kappa shape index (κ3) is 2.90. The molecule has 1 aliphatic rings. The number of anilines is 2. The van der Waals surface area contributed by atoms with E-state index in [2.05, 4.69) is 4.98 Å². The molecule has 0 spiro atoms. The molecule has 0 amide bonds. The van der Waals surface area contributed by atoms with Gasteiger partial charge in [0.15, 0.2) is 15.0 Å². The number of sulfone groups is 1. The van der Waals surface area contributed by atoms with Crippen molar-refractivity contribution in [3.8, 4) is 0 Å². The molecular weight excluding hydrogens is 294 g/mol. The summed E-state index contributed by atoms with van der Waals surface area (Å²) in [5.41, 5.74) is 5.30. The Balaban J connectivity index is 2.34. The predicted molar refractivity (Wildman–Crippen MR) is 71.5 cm³/mol. The lowest BCUT2D eigenvalue weighted by Crippen LogP contribution is -2.40. The molecule has 2 rings (SSSR count). The van der Waals surface area contributed by atoms with Gasteiger partial charge >= 0.3 is 5.97 Å². The molecule has 9 heteroatoms. The van der Waals surface area contributed by atoms with Gasteiger partial charge in [0.05, 0.1) is 22.8 Å². The Kier molecular flexibility index (Phi) is 3.55. The quantitative estimate of drug-likeness (QED) is 0.753. The van der Waals surface area contributed by atoms with Crippen LogP contribution in [0.4, 0.5) is 11.5 Å². The van der Waals surface area contributed by atoms with Crippen molar-refractivity contribution in [3.63, 3.8) is 0 Å². The van der Waals surface area contributed by atoms with Crippen LogP contribution in [0.5, 0.6) is 0 Å². The van der Waals surface area contributed by atoms with Crippen LogP contribution in [-0.4, -0.2) is 49.1 Å². The largest absolute Gasteiger partial charge is 0.478 e. The fourth-order valence-electron chi connectivity index (χ4n) is 1.79. The topological polar surface area (TPSA) is 114 Å². The Hall–Kier alpha value is -1.54. The van der Waals surface area contributed by atoms with Crippen molar-refractivity contribution < 1.29 is 18.3 Å². The van der Waals surface area contributed by atoms with Gasteiger partial charge in [0.2, 0.25) is 0 Å². The van der Waals surface area contributed by atoms with Crippen molar-refractivity contribution in [1.29, 1.82) is 0 Å². The van der Waals surface area contributed by atoms with Gasteiger partial charge < -0.3 is 15.7 Å². The highest BCUT2D eigenvalue weighted by molar-refractivity contribution is 7.91. The molecule has 1 saturated heterocycles. The van der Waals surface area contributed by atoms with E-state index in [1.54, 1.807) is 4.90 Å². The Bertz CT molecular complexity index is 618. The molecule has 0 unspecified atom stereocenters. The Labute approximate surface area is 114 Å². The van der Waals surface area contributed by atoms with Gasteiger partial charge in [-0.1, -0.05) is 11.6 Å². The van der Waals surface area contributed by atoms with Crippen molar-refractivity contribution in [1.82, 2.24) is 4.98 Å². The summed E-state index contributed by atoms with van der Waals surface area (Å²) in [6, 6.07) is 1.31. The smallest absolute Gasteiger partial charge is 0.338 e. The summed E-state index contributed by atoms with van der Waals surface area (Å²) in [7, 11) is -3.01. The number of nitrogens with two attached hydrogens (primary N) is 1. The summed E-state index contributed by atoms with van der Waals surface area (Å²) in [5, 5.41) is 8.92. The van der Waals surface area contributed by atoms with Crippen molar-refractivity contribution >= 4 is 38.9 Å². The minimum atomic E-state index is -3.01. The third-order valence-corrected chi connectivity index (χ3v) is 4.79. The summed E-state index contributed by atoms with van der Waals surface area (Å²) in [6.07, 6.45) is 0. The maximum absolute atomic E-state index is 11.3. The molecule has 19 heavy (non-hydrogen) atoms. The van der Waals surface area contributed by atoms with Gasteiger partial charge in [0.25, 0.3) is 0 Å². The summed E-state index contributed by atoms with van der Waals surface area (Å²) in [4.78, 5) is 16.7. The molecule has 3 N–H and O–H groups in total. The zero-order valence-electron chi connectivity index (χ0n) is 9.84. The van der Waals surface area contributed by atoms with Crippen LogP contribution in [0.25, 0.3) is 0 Å². The van der Waals surface area contributed by atoms with E-state index >= 15 is 0 Å². The predicted octanol–water partition coefficient (Wildman–Crippen LogP) is 0.250. The van der Waals surface area contributed by atoms with E-state index in [9.17, 15) is 13.2 Å². The van der Waals surface area contributed by atoms with Gasteiger partial charge in [0.1, 0.15) is 5.82 Å². The van der Waals surface area contributed by atoms with E-state index in [1.807, 2.05) is 0 Å². The number of carboxylic acids is 1. The van der Waals surface area contributed by atoms with Crippen molar-refractivity contribution in [2.45, 2.75) is 0 Å². The minimum absolute atomic E-state index is 0.0130. The first-order chi connectivity index (χ1) is 8.80. The molecule has 0 bridgehead atoms. The van der Waals surface area contributed by atoms with Crippen molar-refractivity contribution in [2.75, 3.05) is 35.2 Å². The number of hydrogen-bond acceptors (Lipinski definition) is 6. The number of hydrogen-bond donors (Lipinski definition) is 2. The van der Waals surface area contributed by atoms with Crippen LogP contribution in [0.2, 0.25) is 5.15 Å². The number of aromatic carboxylic acids is 1. The van der Waals surface area contributed by atoms with Crippen LogP contribution in [0, 0.1) is 0 Å². The number of carbonyl (C=O) groups is 1. The standard InChI is InChI=1S/C10H12ClN3O4S/c11-9-8(12)6(10(15)16)5-7(13-9)14-1-3-19(17,18)4-2-14/h5H,1-4,12H2,(H,15,16). The Morgan fingerprint density at radius 2 is 2.00 bits per heavy atom. The first-order valence-corrected chi connectivity index (χ1v) is 7.65.